The van der Waals surface area contributed by atoms with Crippen molar-refractivity contribution in [2.24, 2.45) is 5.73 Å². The van der Waals surface area contributed by atoms with E-state index in [1.807, 2.05) is 0 Å². The molecule has 1 nitrogen and oxygen atoms in total. The van der Waals surface area contributed by atoms with Crippen molar-refractivity contribution >= 4 is 23.5 Å². The van der Waals surface area contributed by atoms with E-state index in [-0.39, 0.29) is 0 Å². The summed E-state index contributed by atoms with van der Waals surface area (Å²) in [5, 5.41) is 1.45. The molecule has 1 aliphatic heterocycles. The number of nitrogens with two attached hydrogens (primary N) is 1. The van der Waals surface area contributed by atoms with Gasteiger partial charge in [-0.1, -0.05) is 33.1 Å². The van der Waals surface area contributed by atoms with Crippen LogP contribution in [0.4, 0.5) is 0 Å². The van der Waals surface area contributed by atoms with Crippen LogP contribution in [0.1, 0.15) is 39.5 Å². The van der Waals surface area contributed by atoms with Crippen LogP contribution in [0.5, 0.6) is 0 Å². The SMILES string of the molecule is CCCCCC(N)C1SCCSC1C. The third-order valence-electron chi connectivity index (χ3n) is 2.80. The Balaban J connectivity index is 2.23. The third kappa shape index (κ3) is 4.03. The quantitative estimate of drug-likeness (QED) is 0.739. The fourth-order valence-corrected chi connectivity index (χ4v) is 4.85. The first-order valence-corrected chi connectivity index (χ1v) is 7.84. The Bertz CT molecular complexity index is 152. The van der Waals surface area contributed by atoms with Gasteiger partial charge < -0.3 is 5.73 Å². The Morgan fingerprint density at radius 1 is 1.29 bits per heavy atom. The van der Waals surface area contributed by atoms with Crippen LogP contribution in [-0.2, 0) is 0 Å². The fourth-order valence-electron chi connectivity index (χ4n) is 1.91. The lowest BCUT2D eigenvalue weighted by molar-refractivity contribution is 0.538. The minimum absolute atomic E-state index is 0.425. The highest BCUT2D eigenvalue weighted by atomic mass is 32.2. The molecule has 3 unspecified atom stereocenters. The Labute approximate surface area is 97.0 Å². The minimum Gasteiger partial charge on any atom is -0.327 e. The van der Waals surface area contributed by atoms with E-state index in [1.165, 1.54) is 37.2 Å². The first-order valence-electron chi connectivity index (χ1n) is 5.74. The van der Waals surface area contributed by atoms with Crippen molar-refractivity contribution in [2.45, 2.75) is 56.1 Å². The van der Waals surface area contributed by atoms with Crippen molar-refractivity contribution in [3.8, 4) is 0 Å². The van der Waals surface area contributed by atoms with Crippen molar-refractivity contribution in [1.82, 2.24) is 0 Å². The van der Waals surface area contributed by atoms with E-state index in [1.54, 1.807) is 0 Å². The number of hydrogen-bond donors (Lipinski definition) is 1. The Morgan fingerprint density at radius 2 is 2.00 bits per heavy atom. The van der Waals surface area contributed by atoms with Crippen molar-refractivity contribution in [1.29, 1.82) is 0 Å². The summed E-state index contributed by atoms with van der Waals surface area (Å²) in [4.78, 5) is 0. The predicted molar refractivity (Wildman–Crippen MR) is 70.3 cm³/mol. The van der Waals surface area contributed by atoms with Gasteiger partial charge in [-0.3, -0.25) is 0 Å². The molecular formula is C11H23NS2. The monoisotopic (exact) mass is 233 g/mol. The normalized spacial score (nSPS) is 30.2. The molecule has 1 saturated heterocycles. The maximum Gasteiger partial charge on any atom is 0.0315 e. The lowest BCUT2D eigenvalue weighted by atomic mass is 10.0. The van der Waals surface area contributed by atoms with E-state index >= 15 is 0 Å². The molecule has 0 amide bonds. The zero-order valence-corrected chi connectivity index (χ0v) is 11.0. The largest absolute Gasteiger partial charge is 0.327 e. The molecule has 0 bridgehead atoms. The lowest BCUT2D eigenvalue weighted by Gasteiger charge is -2.32. The minimum atomic E-state index is 0.425. The van der Waals surface area contributed by atoms with Crippen LogP contribution in [0.15, 0.2) is 0 Å². The van der Waals surface area contributed by atoms with Gasteiger partial charge in [0.05, 0.1) is 0 Å². The average molecular weight is 233 g/mol. The summed E-state index contributed by atoms with van der Waals surface area (Å²) in [7, 11) is 0. The molecule has 3 atom stereocenters. The molecule has 0 aromatic rings. The van der Waals surface area contributed by atoms with Gasteiger partial charge >= 0.3 is 0 Å². The number of rotatable bonds is 5. The molecule has 0 saturated carbocycles. The lowest BCUT2D eigenvalue weighted by Crippen LogP contribution is -2.40. The molecule has 0 aromatic heterocycles. The molecule has 0 aliphatic carbocycles. The first kappa shape index (κ1) is 12.7. The molecule has 84 valence electrons. The maximum absolute atomic E-state index is 6.25. The summed E-state index contributed by atoms with van der Waals surface area (Å²) in [6.45, 7) is 4.58. The van der Waals surface area contributed by atoms with Crippen molar-refractivity contribution in [3.05, 3.63) is 0 Å². The highest BCUT2D eigenvalue weighted by molar-refractivity contribution is 8.07. The summed E-state index contributed by atoms with van der Waals surface area (Å²) < 4.78 is 0. The van der Waals surface area contributed by atoms with Gasteiger partial charge in [0.2, 0.25) is 0 Å². The van der Waals surface area contributed by atoms with Gasteiger partial charge in [0, 0.05) is 28.0 Å². The summed E-state index contributed by atoms with van der Waals surface area (Å²) in [6, 6.07) is 0.425. The van der Waals surface area contributed by atoms with Crippen LogP contribution in [-0.4, -0.2) is 28.0 Å². The van der Waals surface area contributed by atoms with Gasteiger partial charge in [0.1, 0.15) is 0 Å². The Hall–Kier alpha value is 0.660. The fraction of sp³-hybridized carbons (Fsp3) is 1.00. The third-order valence-corrected chi connectivity index (χ3v) is 6.07. The van der Waals surface area contributed by atoms with Crippen LogP contribution >= 0.6 is 23.5 Å². The van der Waals surface area contributed by atoms with Gasteiger partial charge in [-0.15, -0.1) is 0 Å². The molecule has 0 spiro atoms. The summed E-state index contributed by atoms with van der Waals surface area (Å²) in [6.07, 6.45) is 5.17. The molecular weight excluding hydrogens is 210 g/mol. The molecule has 1 fully saturated rings. The standard InChI is InChI=1S/C11H23NS2/c1-3-4-5-6-10(12)11-9(2)13-7-8-14-11/h9-11H,3-8,12H2,1-2H3. The smallest absolute Gasteiger partial charge is 0.0315 e. The predicted octanol–water partition coefficient (Wildman–Crippen LogP) is 3.13. The van der Waals surface area contributed by atoms with Gasteiger partial charge in [-0.25, -0.2) is 0 Å². The molecule has 0 aromatic carbocycles. The maximum atomic E-state index is 6.25. The van der Waals surface area contributed by atoms with Crippen LogP contribution in [0.3, 0.4) is 0 Å². The average Bonchev–Trinajstić information content (AvgIpc) is 2.18. The molecule has 0 radical (unpaired) electrons. The molecule has 3 heteroatoms. The second-order valence-electron chi connectivity index (χ2n) is 4.07. The summed E-state index contributed by atoms with van der Waals surface area (Å²) >= 11 is 4.18. The number of thioether (sulfide) groups is 2. The zero-order chi connectivity index (χ0) is 10.4. The molecule has 1 aliphatic rings. The summed E-state index contributed by atoms with van der Waals surface area (Å²) in [5.74, 6) is 2.60. The van der Waals surface area contributed by atoms with Crippen molar-refractivity contribution < 1.29 is 0 Å². The topological polar surface area (TPSA) is 26.0 Å². The van der Waals surface area contributed by atoms with Crippen LogP contribution < -0.4 is 5.73 Å². The van der Waals surface area contributed by atoms with Crippen molar-refractivity contribution in [2.75, 3.05) is 11.5 Å². The van der Waals surface area contributed by atoms with E-state index in [0.29, 0.717) is 11.3 Å². The second kappa shape index (κ2) is 7.02. The van der Waals surface area contributed by atoms with Gasteiger partial charge in [0.25, 0.3) is 0 Å². The molecule has 14 heavy (non-hydrogen) atoms. The van der Waals surface area contributed by atoms with Gasteiger partial charge in [0.15, 0.2) is 0 Å². The van der Waals surface area contributed by atoms with E-state index in [4.69, 9.17) is 5.73 Å². The highest BCUT2D eigenvalue weighted by Crippen LogP contribution is 2.33. The van der Waals surface area contributed by atoms with E-state index in [2.05, 4.69) is 37.4 Å². The van der Waals surface area contributed by atoms with Crippen LogP contribution in [0, 0.1) is 0 Å². The van der Waals surface area contributed by atoms with Gasteiger partial charge in [-0.2, -0.15) is 23.5 Å². The molecule has 2 N–H and O–H groups in total. The van der Waals surface area contributed by atoms with Crippen molar-refractivity contribution in [3.63, 3.8) is 0 Å². The van der Waals surface area contributed by atoms with E-state index in [0.717, 1.165) is 5.25 Å². The Kier molecular flexibility index (Phi) is 6.38. The van der Waals surface area contributed by atoms with Gasteiger partial charge in [-0.05, 0) is 6.42 Å². The number of hydrogen-bond acceptors (Lipinski definition) is 3. The summed E-state index contributed by atoms with van der Waals surface area (Å²) in [5.41, 5.74) is 6.25. The van der Waals surface area contributed by atoms with Crippen LogP contribution in [0.25, 0.3) is 0 Å². The zero-order valence-electron chi connectivity index (χ0n) is 9.37. The Morgan fingerprint density at radius 3 is 2.64 bits per heavy atom. The highest BCUT2D eigenvalue weighted by Gasteiger charge is 2.27. The molecule has 1 rings (SSSR count). The number of unbranched alkanes of at least 4 members (excludes halogenated alkanes) is 2. The first-order chi connectivity index (χ1) is 6.75. The second-order valence-corrected chi connectivity index (χ2v) is 6.84. The van der Waals surface area contributed by atoms with E-state index in [9.17, 15) is 0 Å². The van der Waals surface area contributed by atoms with Crippen LogP contribution in [0.2, 0.25) is 0 Å². The van der Waals surface area contributed by atoms with E-state index < -0.39 is 0 Å². The molecule has 1 heterocycles.